The largest absolute Gasteiger partial charge is 0.458 e. The monoisotopic (exact) mass is 727 g/mol. The Morgan fingerprint density at radius 3 is 1.54 bits per heavy atom. The van der Waals surface area contributed by atoms with Crippen molar-refractivity contribution in [1.82, 2.24) is 0 Å². The summed E-state index contributed by atoms with van der Waals surface area (Å²) in [7, 11) is 0. The van der Waals surface area contributed by atoms with Crippen molar-refractivity contribution in [3.05, 3.63) is 215 Å². The van der Waals surface area contributed by atoms with Gasteiger partial charge in [0.25, 0.3) is 6.71 Å². The molecule has 9 aromatic rings. The van der Waals surface area contributed by atoms with Gasteiger partial charge in [0.15, 0.2) is 0 Å². The first-order valence-corrected chi connectivity index (χ1v) is 20.0. The van der Waals surface area contributed by atoms with E-state index < -0.39 is 5.41 Å². The van der Waals surface area contributed by atoms with E-state index in [-0.39, 0.29) is 6.71 Å². The number of aryl methyl sites for hydroxylation is 2. The highest BCUT2D eigenvalue weighted by Crippen LogP contribution is 2.59. The summed E-state index contributed by atoms with van der Waals surface area (Å²) in [6, 6.07) is 66.5. The van der Waals surface area contributed by atoms with Crippen LogP contribution in [-0.4, -0.2) is 6.71 Å². The fraction of sp³-hybridized carbons (Fsp3) is 0.0566. The Morgan fingerprint density at radius 1 is 0.404 bits per heavy atom. The van der Waals surface area contributed by atoms with Crippen LogP contribution < -0.4 is 30.8 Å². The highest BCUT2D eigenvalue weighted by Gasteiger charge is 2.57. The van der Waals surface area contributed by atoms with Gasteiger partial charge in [-0.3, -0.25) is 0 Å². The molecular formula is C53H34BNO2. The lowest BCUT2D eigenvalue weighted by Gasteiger charge is -2.47. The van der Waals surface area contributed by atoms with E-state index in [1.54, 1.807) is 0 Å². The molecule has 1 spiro atoms. The van der Waals surface area contributed by atoms with E-state index in [0.29, 0.717) is 0 Å². The van der Waals surface area contributed by atoms with Gasteiger partial charge in [0.1, 0.15) is 23.0 Å². The molecule has 57 heavy (non-hydrogen) atoms. The summed E-state index contributed by atoms with van der Waals surface area (Å²) in [5.41, 5.74) is 14.7. The summed E-state index contributed by atoms with van der Waals surface area (Å²) in [5, 5.41) is 5.31. The van der Waals surface area contributed by atoms with Crippen LogP contribution in [0.4, 0.5) is 17.1 Å². The second kappa shape index (κ2) is 11.5. The topological polar surface area (TPSA) is 21.7 Å². The SMILES string of the molecule is c1ccc(N(c2ccccc2)c2ccc(CCc3ccc4ccc5cccc6c5c4c3C63c4cccc5c4B4c6c(cccc6Oc6cccc3c64)O5)cc2)cc1. The second-order valence-corrected chi connectivity index (χ2v) is 15.8. The van der Waals surface area contributed by atoms with Gasteiger partial charge in [-0.1, -0.05) is 121 Å². The number of nitrogens with zero attached hydrogens (tertiary/aromatic N) is 1. The van der Waals surface area contributed by atoms with Crippen molar-refractivity contribution in [2.75, 3.05) is 4.90 Å². The molecule has 9 aromatic carbocycles. The molecule has 0 unspecified atom stereocenters. The summed E-state index contributed by atoms with van der Waals surface area (Å²) >= 11 is 0. The molecule has 0 amide bonds. The van der Waals surface area contributed by atoms with Crippen LogP contribution in [0.1, 0.15) is 33.4 Å². The highest BCUT2D eigenvalue weighted by molar-refractivity contribution is 6.99. The maximum atomic E-state index is 6.81. The van der Waals surface area contributed by atoms with Gasteiger partial charge in [0.2, 0.25) is 0 Å². The first kappa shape index (κ1) is 31.2. The molecule has 3 aliphatic heterocycles. The molecule has 0 radical (unpaired) electrons. The number of ether oxygens (including phenoxy) is 2. The normalized spacial score (nSPS) is 14.1. The van der Waals surface area contributed by atoms with Gasteiger partial charge >= 0.3 is 0 Å². The minimum absolute atomic E-state index is 0.0390. The Balaban J connectivity index is 0.988. The van der Waals surface area contributed by atoms with Gasteiger partial charge in [0, 0.05) is 22.5 Å². The number of anilines is 3. The van der Waals surface area contributed by atoms with Gasteiger partial charge in [-0.15, -0.1) is 0 Å². The first-order chi connectivity index (χ1) is 28.3. The maximum Gasteiger partial charge on any atom is 0.261 e. The van der Waals surface area contributed by atoms with E-state index in [0.717, 1.165) is 58.4 Å². The van der Waals surface area contributed by atoms with Crippen molar-refractivity contribution in [1.29, 1.82) is 0 Å². The number of hydrogen-bond acceptors (Lipinski definition) is 3. The predicted octanol–water partition coefficient (Wildman–Crippen LogP) is 11.0. The fourth-order valence-electron chi connectivity index (χ4n) is 10.9. The third-order valence-corrected chi connectivity index (χ3v) is 13.1. The molecule has 0 saturated carbocycles. The summed E-state index contributed by atoms with van der Waals surface area (Å²) < 4.78 is 13.6. The lowest BCUT2D eigenvalue weighted by molar-refractivity contribution is 0.461. The summed E-state index contributed by atoms with van der Waals surface area (Å²) in [6.07, 6.45) is 1.83. The average Bonchev–Trinajstić information content (AvgIpc) is 3.58. The zero-order valence-electron chi connectivity index (χ0n) is 31.1. The van der Waals surface area contributed by atoms with Crippen LogP contribution >= 0.6 is 0 Å². The van der Waals surface area contributed by atoms with Crippen LogP contribution in [0.15, 0.2) is 182 Å². The summed E-state index contributed by atoms with van der Waals surface area (Å²) in [4.78, 5) is 2.33. The van der Waals surface area contributed by atoms with E-state index in [1.807, 2.05) is 6.07 Å². The molecule has 266 valence electrons. The first-order valence-electron chi connectivity index (χ1n) is 20.0. The minimum atomic E-state index is -0.544. The third kappa shape index (κ3) is 4.12. The van der Waals surface area contributed by atoms with Crippen molar-refractivity contribution in [2.24, 2.45) is 0 Å². The predicted molar refractivity (Wildman–Crippen MR) is 233 cm³/mol. The number of fused-ring (bicyclic) bond motifs is 4. The van der Waals surface area contributed by atoms with Gasteiger partial charge in [-0.25, -0.2) is 0 Å². The molecule has 0 saturated heterocycles. The van der Waals surface area contributed by atoms with Gasteiger partial charge in [0.05, 0.1) is 5.41 Å². The average molecular weight is 728 g/mol. The Labute approximate surface area is 331 Å². The standard InChI is InChI=1S/C53H34BNO2/c1-3-12-37(13-4-1)55(38-14-5-2-6-15-38)39-31-24-33(25-32-39)23-26-36-30-29-35-28-27-34-11-7-16-40-47(34)48(35)49(36)53(40)41-17-8-19-43-50(41)54-51-42(53)18-9-20-44(51)57-46-22-10-21-45(56-43)52(46)54/h1-22,24-25,27-32H,23,26H2. The minimum Gasteiger partial charge on any atom is -0.458 e. The summed E-state index contributed by atoms with van der Waals surface area (Å²) in [5.74, 6) is 3.67. The Hall–Kier alpha value is -7.04. The molecule has 4 heteroatoms. The zero-order valence-corrected chi connectivity index (χ0v) is 31.1. The molecule has 3 nitrogen and oxygen atoms in total. The zero-order chi connectivity index (χ0) is 37.2. The molecule has 0 aromatic heterocycles. The van der Waals surface area contributed by atoms with Crippen LogP contribution in [0.5, 0.6) is 23.0 Å². The lowest BCUT2D eigenvalue weighted by Crippen LogP contribution is -2.65. The molecule has 0 atom stereocenters. The van der Waals surface area contributed by atoms with Crippen molar-refractivity contribution >= 4 is 61.7 Å². The third-order valence-electron chi connectivity index (χ3n) is 13.1. The van der Waals surface area contributed by atoms with Gasteiger partial charge < -0.3 is 14.4 Å². The number of rotatable bonds is 6. The molecule has 0 bridgehead atoms. The summed E-state index contributed by atoms with van der Waals surface area (Å²) in [6.45, 7) is 0.0390. The number of hydrogen-bond donors (Lipinski definition) is 0. The lowest BCUT2D eigenvalue weighted by atomic mass is 9.29. The Morgan fingerprint density at radius 2 is 0.912 bits per heavy atom. The van der Waals surface area contributed by atoms with Crippen LogP contribution in [-0.2, 0) is 18.3 Å². The van der Waals surface area contributed by atoms with Crippen LogP contribution in [0, 0.1) is 0 Å². The van der Waals surface area contributed by atoms with Crippen LogP contribution in [0.25, 0.3) is 21.5 Å². The van der Waals surface area contributed by atoms with E-state index in [9.17, 15) is 0 Å². The molecule has 3 heterocycles. The smallest absolute Gasteiger partial charge is 0.261 e. The quantitative estimate of drug-likeness (QED) is 0.126. The van der Waals surface area contributed by atoms with Crippen molar-refractivity contribution in [3.8, 4) is 23.0 Å². The molecule has 1 aliphatic carbocycles. The van der Waals surface area contributed by atoms with Gasteiger partial charge in [-0.2, -0.15) is 0 Å². The van der Waals surface area contributed by atoms with Crippen molar-refractivity contribution < 1.29 is 9.47 Å². The highest BCUT2D eigenvalue weighted by atomic mass is 16.5. The number of benzene rings is 9. The van der Waals surface area contributed by atoms with E-state index in [2.05, 4.69) is 181 Å². The van der Waals surface area contributed by atoms with E-state index in [4.69, 9.17) is 9.47 Å². The van der Waals surface area contributed by atoms with Gasteiger partial charge in [-0.05, 0) is 139 Å². The van der Waals surface area contributed by atoms with E-state index >= 15 is 0 Å². The molecular weight excluding hydrogens is 693 g/mol. The van der Waals surface area contributed by atoms with Crippen LogP contribution in [0.3, 0.4) is 0 Å². The van der Waals surface area contributed by atoms with Crippen LogP contribution in [0.2, 0.25) is 0 Å². The van der Waals surface area contributed by atoms with Crippen molar-refractivity contribution in [3.63, 3.8) is 0 Å². The second-order valence-electron chi connectivity index (χ2n) is 15.8. The van der Waals surface area contributed by atoms with E-state index in [1.165, 1.54) is 65.9 Å². The fourth-order valence-corrected chi connectivity index (χ4v) is 10.9. The Kier molecular flexibility index (Phi) is 6.30. The molecule has 4 aliphatic rings. The Bertz CT molecular complexity index is 3020. The maximum absolute atomic E-state index is 6.81. The molecule has 13 rings (SSSR count). The molecule has 0 N–H and O–H groups in total. The van der Waals surface area contributed by atoms with Crippen molar-refractivity contribution in [2.45, 2.75) is 18.3 Å². The number of para-hydroxylation sites is 2. The molecule has 0 fully saturated rings.